The van der Waals surface area contributed by atoms with Gasteiger partial charge >= 0.3 is 11.9 Å². The normalized spacial score (nSPS) is 15.9. The number of carbonyl (C=O) groups is 2. The molecule has 0 spiro atoms. The fourth-order valence-corrected chi connectivity index (χ4v) is 3.90. The minimum atomic E-state index is -1.03. The number of rotatable bonds is 6. The molecule has 3 heterocycles. The van der Waals surface area contributed by atoms with Crippen LogP contribution in [0.25, 0.3) is 16.8 Å². The van der Waals surface area contributed by atoms with E-state index in [0.717, 1.165) is 0 Å². The topological polar surface area (TPSA) is 116 Å². The van der Waals surface area contributed by atoms with Crippen molar-refractivity contribution in [1.82, 2.24) is 19.6 Å². The van der Waals surface area contributed by atoms with Gasteiger partial charge in [0.05, 0.1) is 18.0 Å². The van der Waals surface area contributed by atoms with Gasteiger partial charge in [-0.15, -0.1) is 5.10 Å². The number of halogens is 1. The van der Waals surface area contributed by atoms with E-state index in [1.807, 2.05) is 6.92 Å². The summed E-state index contributed by atoms with van der Waals surface area (Å²) >= 11 is 6.22. The Labute approximate surface area is 188 Å². The maximum absolute atomic E-state index is 12.7. The van der Waals surface area contributed by atoms with Gasteiger partial charge in [0.15, 0.2) is 5.69 Å². The molecule has 32 heavy (non-hydrogen) atoms. The number of carbonyl (C=O) groups excluding carboxylic acids is 1. The van der Waals surface area contributed by atoms with Crippen molar-refractivity contribution in [2.45, 2.75) is 45.3 Å². The molecule has 0 fully saturated rings. The third-order valence-electron chi connectivity index (χ3n) is 5.52. The third kappa shape index (κ3) is 4.03. The summed E-state index contributed by atoms with van der Waals surface area (Å²) in [4.78, 5) is 36.5. The first-order valence-corrected chi connectivity index (χ1v) is 10.6. The lowest BCUT2D eigenvalue weighted by Gasteiger charge is -2.14. The van der Waals surface area contributed by atoms with Crippen molar-refractivity contribution in [2.75, 3.05) is 0 Å². The van der Waals surface area contributed by atoms with Crippen LogP contribution in [0.3, 0.4) is 0 Å². The Bertz CT molecular complexity index is 1270. The number of aliphatic carboxylic acids is 1. The van der Waals surface area contributed by atoms with E-state index >= 15 is 0 Å². The molecule has 0 aliphatic carbocycles. The molecule has 2 atom stereocenters. The second-order valence-electron chi connectivity index (χ2n) is 7.67. The van der Waals surface area contributed by atoms with Crippen LogP contribution in [0.15, 0.2) is 41.3 Å². The van der Waals surface area contributed by atoms with Gasteiger partial charge in [0.2, 0.25) is 0 Å². The molecule has 166 valence electrons. The van der Waals surface area contributed by atoms with Gasteiger partial charge in [-0.1, -0.05) is 23.7 Å². The van der Waals surface area contributed by atoms with Crippen molar-refractivity contribution in [2.24, 2.45) is 0 Å². The Kier molecular flexibility index (Phi) is 5.84. The van der Waals surface area contributed by atoms with Crippen molar-refractivity contribution in [3.8, 4) is 16.8 Å². The van der Waals surface area contributed by atoms with E-state index in [2.05, 4.69) is 10.3 Å². The number of aromatic nitrogens is 4. The predicted octanol–water partition coefficient (Wildman–Crippen LogP) is 3.28. The van der Waals surface area contributed by atoms with Crippen LogP contribution in [0.4, 0.5) is 0 Å². The molecule has 0 saturated carbocycles. The standard InChI is InChI=1S/C22H21ClN4O5/c1-3-12(2)32-22(31)17-11-26(25-24-17)18-6-4-14(23)10-16(18)13-8-15-5-7-19(21(29)30)27(15)20(28)9-13/h4,6,8-12,19H,3,5,7H2,1-2H3,(H,29,30)/t12?,19-/m0/s1. The summed E-state index contributed by atoms with van der Waals surface area (Å²) in [6.45, 7) is 3.70. The lowest BCUT2D eigenvalue weighted by Crippen LogP contribution is -2.27. The van der Waals surface area contributed by atoms with Crippen LogP contribution in [0.2, 0.25) is 5.02 Å². The van der Waals surface area contributed by atoms with E-state index in [0.29, 0.717) is 46.8 Å². The van der Waals surface area contributed by atoms with Gasteiger partial charge in [-0.2, -0.15) is 0 Å². The van der Waals surface area contributed by atoms with Crippen LogP contribution in [0, 0.1) is 0 Å². The zero-order chi connectivity index (χ0) is 23.0. The van der Waals surface area contributed by atoms with Crippen molar-refractivity contribution >= 4 is 23.5 Å². The summed E-state index contributed by atoms with van der Waals surface area (Å²) in [5, 5.41) is 17.8. The molecular weight excluding hydrogens is 436 g/mol. The molecule has 1 N–H and O–H groups in total. The van der Waals surface area contributed by atoms with Gasteiger partial charge < -0.3 is 9.84 Å². The van der Waals surface area contributed by atoms with Gasteiger partial charge in [0.1, 0.15) is 6.04 Å². The molecule has 0 amide bonds. The highest BCUT2D eigenvalue weighted by Crippen LogP contribution is 2.32. The first-order valence-electron chi connectivity index (χ1n) is 10.2. The number of aryl methyl sites for hydroxylation is 1. The number of carboxylic acid groups (broad SMARTS) is 1. The van der Waals surface area contributed by atoms with Crippen molar-refractivity contribution in [3.05, 3.63) is 63.3 Å². The summed E-state index contributed by atoms with van der Waals surface area (Å²) in [6.07, 6.45) is 2.73. The van der Waals surface area contributed by atoms with Crippen molar-refractivity contribution in [1.29, 1.82) is 0 Å². The lowest BCUT2D eigenvalue weighted by molar-refractivity contribution is -0.140. The average molecular weight is 457 g/mol. The predicted molar refractivity (Wildman–Crippen MR) is 116 cm³/mol. The van der Waals surface area contributed by atoms with Crippen LogP contribution >= 0.6 is 11.6 Å². The number of fused-ring (bicyclic) bond motifs is 1. The van der Waals surface area contributed by atoms with E-state index in [1.165, 1.54) is 21.5 Å². The molecule has 0 radical (unpaired) electrons. The Morgan fingerprint density at radius 2 is 2.09 bits per heavy atom. The van der Waals surface area contributed by atoms with E-state index in [4.69, 9.17) is 16.3 Å². The Morgan fingerprint density at radius 1 is 1.31 bits per heavy atom. The summed E-state index contributed by atoms with van der Waals surface area (Å²) in [5.41, 5.74) is 2.03. The van der Waals surface area contributed by atoms with E-state index in [-0.39, 0.29) is 11.8 Å². The molecule has 4 rings (SSSR count). The fourth-order valence-electron chi connectivity index (χ4n) is 3.73. The zero-order valence-corrected chi connectivity index (χ0v) is 18.2. The SMILES string of the molecule is CCC(C)OC(=O)c1cn(-c2ccc(Cl)cc2-c2cc3n(c(=O)c2)[C@H](C(=O)O)CC3)nn1. The molecule has 1 aromatic carbocycles. The Balaban J connectivity index is 1.75. The number of nitrogens with zero attached hydrogens (tertiary/aromatic N) is 4. The van der Waals surface area contributed by atoms with Gasteiger partial charge in [-0.3, -0.25) is 9.36 Å². The second-order valence-corrected chi connectivity index (χ2v) is 8.11. The van der Waals surface area contributed by atoms with E-state index < -0.39 is 23.5 Å². The summed E-state index contributed by atoms with van der Waals surface area (Å²) in [6, 6.07) is 7.37. The average Bonchev–Trinajstić information content (AvgIpc) is 3.41. The van der Waals surface area contributed by atoms with E-state index in [9.17, 15) is 19.5 Å². The smallest absolute Gasteiger partial charge is 0.360 e. The molecule has 9 nitrogen and oxygen atoms in total. The fraction of sp³-hybridized carbons (Fsp3) is 0.318. The monoisotopic (exact) mass is 456 g/mol. The number of hydrogen-bond donors (Lipinski definition) is 1. The maximum atomic E-state index is 12.7. The number of benzene rings is 1. The molecule has 1 unspecified atom stereocenters. The summed E-state index contributed by atoms with van der Waals surface area (Å²) in [7, 11) is 0. The Hall–Kier alpha value is -3.46. The third-order valence-corrected chi connectivity index (χ3v) is 5.76. The van der Waals surface area contributed by atoms with Crippen LogP contribution < -0.4 is 5.56 Å². The Morgan fingerprint density at radius 3 is 2.81 bits per heavy atom. The van der Waals surface area contributed by atoms with E-state index in [1.54, 1.807) is 31.2 Å². The molecule has 1 aliphatic heterocycles. The number of ether oxygens (including phenoxy) is 1. The molecule has 3 aromatic rings. The summed E-state index contributed by atoms with van der Waals surface area (Å²) < 4.78 is 8.03. The molecule has 0 bridgehead atoms. The number of esters is 1. The number of carboxylic acids is 1. The van der Waals surface area contributed by atoms with Crippen molar-refractivity contribution in [3.63, 3.8) is 0 Å². The van der Waals surface area contributed by atoms with Gasteiger partial charge in [-0.05, 0) is 56.0 Å². The minimum Gasteiger partial charge on any atom is -0.480 e. The van der Waals surface area contributed by atoms with Crippen molar-refractivity contribution < 1.29 is 19.4 Å². The van der Waals surface area contributed by atoms with Gasteiger partial charge in [0, 0.05) is 22.3 Å². The highest BCUT2D eigenvalue weighted by molar-refractivity contribution is 6.31. The number of hydrogen-bond acceptors (Lipinski definition) is 6. The van der Waals surface area contributed by atoms with Gasteiger partial charge in [0.25, 0.3) is 5.56 Å². The molecule has 10 heteroatoms. The molecule has 0 saturated heterocycles. The first-order chi connectivity index (χ1) is 15.3. The maximum Gasteiger partial charge on any atom is 0.360 e. The number of pyridine rings is 1. The van der Waals surface area contributed by atoms with Crippen LogP contribution in [0.5, 0.6) is 0 Å². The quantitative estimate of drug-likeness (QED) is 0.565. The highest BCUT2D eigenvalue weighted by Gasteiger charge is 2.29. The molecular formula is C22H21ClN4O5. The molecule has 2 aromatic heterocycles. The highest BCUT2D eigenvalue weighted by atomic mass is 35.5. The largest absolute Gasteiger partial charge is 0.480 e. The van der Waals surface area contributed by atoms with Crippen LogP contribution in [-0.4, -0.2) is 42.7 Å². The molecule has 1 aliphatic rings. The first kappa shape index (κ1) is 21.8. The second kappa shape index (κ2) is 8.58. The minimum absolute atomic E-state index is 0.0597. The van der Waals surface area contributed by atoms with Crippen LogP contribution in [-0.2, 0) is 16.0 Å². The van der Waals surface area contributed by atoms with Crippen LogP contribution in [0.1, 0.15) is 48.9 Å². The lowest BCUT2D eigenvalue weighted by atomic mass is 10.0. The van der Waals surface area contributed by atoms with Gasteiger partial charge in [-0.25, -0.2) is 14.3 Å². The zero-order valence-electron chi connectivity index (χ0n) is 17.5. The summed E-state index contributed by atoms with van der Waals surface area (Å²) in [5.74, 6) is -1.60.